The van der Waals surface area contributed by atoms with Crippen LogP contribution in [0.15, 0.2) is 23.2 Å². The average Bonchev–Trinajstić information content (AvgIpc) is 2.59. The third-order valence-electron chi connectivity index (χ3n) is 3.78. The molecule has 1 aliphatic heterocycles. The van der Waals surface area contributed by atoms with Crippen molar-refractivity contribution in [1.82, 2.24) is 4.90 Å². The summed E-state index contributed by atoms with van der Waals surface area (Å²) in [7, 11) is 0. The molecule has 0 fully saturated rings. The number of amides is 2. The minimum Gasteiger partial charge on any atom is -0.464 e. The number of benzene rings is 1. The number of aliphatic imine (C=N–C) groups is 1. The predicted molar refractivity (Wildman–Crippen MR) is 108 cm³/mol. The molecule has 0 saturated heterocycles. The largest absolute Gasteiger partial charge is 0.464 e. The van der Waals surface area contributed by atoms with Gasteiger partial charge in [0.25, 0.3) is 5.69 Å². The van der Waals surface area contributed by atoms with Crippen molar-refractivity contribution in [2.75, 3.05) is 6.61 Å². The summed E-state index contributed by atoms with van der Waals surface area (Å²) in [5, 5.41) is 11.1. The highest BCUT2D eigenvalue weighted by atomic mass is 19.1. The average molecular weight is 439 g/mol. The summed E-state index contributed by atoms with van der Waals surface area (Å²) in [5.41, 5.74) is -2.23. The van der Waals surface area contributed by atoms with Gasteiger partial charge >= 0.3 is 18.2 Å². The first-order valence-electron chi connectivity index (χ1n) is 9.58. The number of halogens is 1. The van der Waals surface area contributed by atoms with Gasteiger partial charge in [-0.15, -0.1) is 4.90 Å². The Morgan fingerprint density at radius 3 is 2.19 bits per heavy atom. The first-order chi connectivity index (χ1) is 14.2. The standard InChI is InChI=1S/C20H26FN3O7/c1-19(2,3)30-17(25)23(18(26)31-20(4,5)6)16-22-15(9-10-29-16)13-11-12(24(27)28)7-8-14(13)21/h7-8,11,15H,9-10H2,1-6H3. The Bertz CT molecular complexity index is 875. The molecule has 0 spiro atoms. The van der Waals surface area contributed by atoms with Crippen molar-refractivity contribution < 1.29 is 33.1 Å². The van der Waals surface area contributed by atoms with E-state index in [1.54, 1.807) is 41.5 Å². The van der Waals surface area contributed by atoms with E-state index in [1.165, 1.54) is 0 Å². The van der Waals surface area contributed by atoms with E-state index < -0.39 is 46.2 Å². The maximum absolute atomic E-state index is 14.4. The van der Waals surface area contributed by atoms with Gasteiger partial charge in [0.1, 0.15) is 17.0 Å². The minimum absolute atomic E-state index is 0.0201. The summed E-state index contributed by atoms with van der Waals surface area (Å²) in [6.07, 6.45) is -1.99. The molecule has 0 saturated carbocycles. The number of non-ortho nitro benzene ring substituents is 1. The molecule has 1 aromatic rings. The molecule has 0 aromatic heterocycles. The fourth-order valence-electron chi connectivity index (χ4n) is 2.59. The molecule has 1 unspecified atom stereocenters. The fraction of sp³-hybridized carbons (Fsp3) is 0.550. The zero-order valence-electron chi connectivity index (χ0n) is 18.3. The number of nitro benzene ring substituents is 1. The van der Waals surface area contributed by atoms with E-state index in [4.69, 9.17) is 14.2 Å². The second-order valence-corrected chi connectivity index (χ2v) is 8.82. The molecular formula is C20H26FN3O7. The van der Waals surface area contributed by atoms with E-state index in [9.17, 15) is 24.1 Å². The molecule has 1 aliphatic rings. The molecule has 0 N–H and O–H groups in total. The first-order valence-corrected chi connectivity index (χ1v) is 9.58. The van der Waals surface area contributed by atoms with Gasteiger partial charge in [0.15, 0.2) is 0 Å². The molecule has 31 heavy (non-hydrogen) atoms. The predicted octanol–water partition coefficient (Wildman–Crippen LogP) is 4.72. The molecule has 1 atom stereocenters. The van der Waals surface area contributed by atoms with Gasteiger partial charge in [0.2, 0.25) is 0 Å². The molecule has 2 amide bonds. The van der Waals surface area contributed by atoms with E-state index in [0.29, 0.717) is 4.90 Å². The number of carbonyl (C=O) groups excluding carboxylic acids is 2. The number of hydrogen-bond acceptors (Lipinski definition) is 8. The second-order valence-electron chi connectivity index (χ2n) is 8.82. The number of nitrogens with zero attached hydrogens (tertiary/aromatic N) is 3. The maximum atomic E-state index is 14.4. The Labute approximate surface area is 179 Å². The SMILES string of the molecule is CC(C)(C)OC(=O)N(C(=O)OC(C)(C)C)C1=NC(c2cc([N+](=O)[O-])ccc2F)CCO1. The first kappa shape index (κ1) is 24.0. The highest BCUT2D eigenvalue weighted by Gasteiger charge is 2.38. The lowest BCUT2D eigenvalue weighted by Crippen LogP contribution is -2.48. The molecule has 11 heteroatoms. The number of ether oxygens (including phenoxy) is 3. The van der Waals surface area contributed by atoms with E-state index in [-0.39, 0.29) is 24.3 Å². The van der Waals surface area contributed by atoms with Crippen LogP contribution < -0.4 is 0 Å². The van der Waals surface area contributed by atoms with Crippen molar-refractivity contribution in [2.24, 2.45) is 4.99 Å². The Morgan fingerprint density at radius 1 is 1.16 bits per heavy atom. The van der Waals surface area contributed by atoms with E-state index in [2.05, 4.69) is 4.99 Å². The van der Waals surface area contributed by atoms with Crippen LogP contribution in [-0.2, 0) is 14.2 Å². The number of imide groups is 1. The van der Waals surface area contributed by atoms with Crippen LogP contribution in [0.4, 0.5) is 19.7 Å². The third kappa shape index (κ3) is 6.63. The molecule has 1 aromatic carbocycles. The monoisotopic (exact) mass is 439 g/mol. The van der Waals surface area contributed by atoms with Crippen molar-refractivity contribution in [3.8, 4) is 0 Å². The van der Waals surface area contributed by atoms with Crippen LogP contribution >= 0.6 is 0 Å². The number of rotatable bonds is 2. The van der Waals surface area contributed by atoms with Crippen molar-refractivity contribution in [2.45, 2.75) is 65.2 Å². The Balaban J connectivity index is 2.46. The lowest BCUT2D eigenvalue weighted by Gasteiger charge is -2.30. The summed E-state index contributed by atoms with van der Waals surface area (Å²) < 4.78 is 30.3. The number of carbonyl (C=O) groups is 2. The van der Waals surface area contributed by atoms with Gasteiger partial charge in [0.05, 0.1) is 17.6 Å². The second kappa shape index (κ2) is 8.86. The number of amidine groups is 1. The summed E-state index contributed by atoms with van der Waals surface area (Å²) in [5.74, 6) is -0.707. The Morgan fingerprint density at radius 2 is 1.71 bits per heavy atom. The molecular weight excluding hydrogens is 413 g/mol. The van der Waals surface area contributed by atoms with Crippen LogP contribution in [0.25, 0.3) is 0 Å². The fourth-order valence-corrected chi connectivity index (χ4v) is 2.59. The zero-order chi connectivity index (χ0) is 23.6. The third-order valence-corrected chi connectivity index (χ3v) is 3.78. The van der Waals surface area contributed by atoms with Gasteiger partial charge in [-0.25, -0.2) is 19.0 Å². The van der Waals surface area contributed by atoms with Crippen molar-refractivity contribution in [1.29, 1.82) is 0 Å². The van der Waals surface area contributed by atoms with Gasteiger partial charge in [-0.3, -0.25) is 10.1 Å². The quantitative estimate of drug-likeness (QED) is 0.483. The molecule has 0 aliphatic carbocycles. The zero-order valence-corrected chi connectivity index (χ0v) is 18.3. The number of hydrogen-bond donors (Lipinski definition) is 0. The van der Waals surface area contributed by atoms with Gasteiger partial charge in [-0.05, 0) is 47.6 Å². The van der Waals surface area contributed by atoms with E-state index in [1.807, 2.05) is 0 Å². The van der Waals surface area contributed by atoms with Crippen LogP contribution in [0.5, 0.6) is 0 Å². The van der Waals surface area contributed by atoms with E-state index in [0.717, 1.165) is 18.2 Å². The van der Waals surface area contributed by atoms with Gasteiger partial charge in [0, 0.05) is 24.1 Å². The smallest absolute Gasteiger partial charge is 0.428 e. The highest BCUT2D eigenvalue weighted by Crippen LogP contribution is 2.31. The maximum Gasteiger partial charge on any atom is 0.428 e. The Hall–Kier alpha value is -3.24. The molecule has 10 nitrogen and oxygen atoms in total. The van der Waals surface area contributed by atoms with Crippen LogP contribution in [0.3, 0.4) is 0 Å². The van der Waals surface area contributed by atoms with Crippen LogP contribution in [0.2, 0.25) is 0 Å². The normalized spacial score (nSPS) is 16.6. The molecule has 1 heterocycles. The van der Waals surface area contributed by atoms with Gasteiger partial charge < -0.3 is 14.2 Å². The van der Waals surface area contributed by atoms with Gasteiger partial charge in [-0.1, -0.05) is 0 Å². The van der Waals surface area contributed by atoms with Crippen molar-refractivity contribution in [3.63, 3.8) is 0 Å². The van der Waals surface area contributed by atoms with Crippen LogP contribution in [0, 0.1) is 15.9 Å². The van der Waals surface area contributed by atoms with Crippen LogP contribution in [0.1, 0.15) is 59.6 Å². The summed E-state index contributed by atoms with van der Waals surface area (Å²) in [6, 6.07) is 1.72. The van der Waals surface area contributed by atoms with Gasteiger partial charge in [-0.2, -0.15) is 0 Å². The molecule has 170 valence electrons. The lowest BCUT2D eigenvalue weighted by molar-refractivity contribution is -0.385. The lowest BCUT2D eigenvalue weighted by atomic mass is 10.0. The number of nitro groups is 1. The van der Waals surface area contributed by atoms with Crippen LogP contribution in [-0.4, -0.2) is 45.8 Å². The van der Waals surface area contributed by atoms with Crippen molar-refractivity contribution >= 4 is 23.9 Å². The molecule has 0 radical (unpaired) electrons. The highest BCUT2D eigenvalue weighted by molar-refractivity contribution is 6.06. The topological polar surface area (TPSA) is 121 Å². The van der Waals surface area contributed by atoms with Crippen molar-refractivity contribution in [3.05, 3.63) is 39.7 Å². The molecule has 2 rings (SSSR count). The van der Waals surface area contributed by atoms with E-state index >= 15 is 0 Å². The minimum atomic E-state index is -1.08. The summed E-state index contributed by atoms with van der Waals surface area (Å²) >= 11 is 0. The Kier molecular flexibility index (Phi) is 6.87. The summed E-state index contributed by atoms with van der Waals surface area (Å²) in [4.78, 5) is 40.5. The molecule has 0 bridgehead atoms. The summed E-state index contributed by atoms with van der Waals surface area (Å²) in [6.45, 7) is 9.66.